The number of halogens is 2. The summed E-state index contributed by atoms with van der Waals surface area (Å²) in [6.45, 7) is 0.982. The molecule has 31 heavy (non-hydrogen) atoms. The lowest BCUT2D eigenvalue weighted by molar-refractivity contribution is 0.0771. The molecule has 1 aromatic heterocycles. The zero-order valence-corrected chi connectivity index (χ0v) is 18.4. The number of aromatic nitrogens is 3. The van der Waals surface area contributed by atoms with E-state index in [9.17, 15) is 14.3 Å². The van der Waals surface area contributed by atoms with Gasteiger partial charge in [-0.15, -0.1) is 15.0 Å². The zero-order chi connectivity index (χ0) is 22.0. The van der Waals surface area contributed by atoms with Gasteiger partial charge < -0.3 is 10.2 Å². The second-order valence-electron chi connectivity index (χ2n) is 6.71. The van der Waals surface area contributed by atoms with Gasteiger partial charge in [0.05, 0.1) is 10.0 Å². The standard InChI is InChI=1S/C20H16Cl2N6O2S/c21-15-2-1-3-16(22)18(15)28-25-17(12-23)19(26-28)24-14-6-4-13(5-7-14)20(29)27-8-10-31(30)11-9-27/h1-7H,8-11H2,(H,24,26). The first-order valence-electron chi connectivity index (χ1n) is 9.29. The first-order valence-corrected chi connectivity index (χ1v) is 11.5. The Hall–Kier alpha value is -2.93. The van der Waals surface area contributed by atoms with E-state index in [4.69, 9.17) is 23.2 Å². The highest BCUT2D eigenvalue weighted by Crippen LogP contribution is 2.28. The summed E-state index contributed by atoms with van der Waals surface area (Å²) >= 11 is 12.4. The molecule has 158 valence electrons. The monoisotopic (exact) mass is 474 g/mol. The van der Waals surface area contributed by atoms with Crippen LogP contribution in [0.3, 0.4) is 0 Å². The highest BCUT2D eigenvalue weighted by atomic mass is 35.5. The van der Waals surface area contributed by atoms with Gasteiger partial charge in [0.15, 0.2) is 5.82 Å². The molecule has 1 saturated heterocycles. The SMILES string of the molecule is N#Cc1nn(-c2c(Cl)cccc2Cl)nc1Nc1ccc(C(=O)N2CCS(=O)CC2)cc1. The van der Waals surface area contributed by atoms with Crippen molar-refractivity contribution < 1.29 is 9.00 Å². The van der Waals surface area contributed by atoms with Crippen molar-refractivity contribution in [2.45, 2.75) is 0 Å². The summed E-state index contributed by atoms with van der Waals surface area (Å²) in [5.41, 5.74) is 1.60. The van der Waals surface area contributed by atoms with Crippen LogP contribution in [-0.2, 0) is 10.8 Å². The molecule has 1 amide bonds. The summed E-state index contributed by atoms with van der Waals surface area (Å²) in [5.74, 6) is 1.15. The first kappa shape index (κ1) is 21.3. The molecule has 2 aromatic carbocycles. The number of nitrogens with zero attached hydrogens (tertiary/aromatic N) is 5. The highest BCUT2D eigenvalue weighted by Gasteiger charge is 2.21. The van der Waals surface area contributed by atoms with Crippen LogP contribution in [0.1, 0.15) is 16.1 Å². The van der Waals surface area contributed by atoms with Gasteiger partial charge in [-0.3, -0.25) is 9.00 Å². The van der Waals surface area contributed by atoms with Gasteiger partial charge in [0.25, 0.3) is 5.91 Å². The largest absolute Gasteiger partial charge is 0.337 e. The number of para-hydroxylation sites is 1. The number of hydrogen-bond donors (Lipinski definition) is 1. The van der Waals surface area contributed by atoms with Crippen molar-refractivity contribution in [2.75, 3.05) is 29.9 Å². The normalized spacial score (nSPS) is 14.3. The van der Waals surface area contributed by atoms with Gasteiger partial charge in [-0.05, 0) is 36.4 Å². The average molecular weight is 475 g/mol. The van der Waals surface area contributed by atoms with E-state index in [-0.39, 0.29) is 17.4 Å². The molecule has 11 heteroatoms. The fourth-order valence-electron chi connectivity index (χ4n) is 3.10. The zero-order valence-electron chi connectivity index (χ0n) is 16.1. The van der Waals surface area contributed by atoms with Gasteiger partial charge >= 0.3 is 0 Å². The summed E-state index contributed by atoms with van der Waals surface area (Å²) < 4.78 is 11.5. The van der Waals surface area contributed by atoms with Crippen molar-refractivity contribution in [2.24, 2.45) is 0 Å². The third kappa shape index (κ3) is 4.56. The van der Waals surface area contributed by atoms with E-state index in [1.54, 1.807) is 47.4 Å². The summed E-state index contributed by atoms with van der Waals surface area (Å²) in [4.78, 5) is 15.5. The summed E-state index contributed by atoms with van der Waals surface area (Å²) in [7, 11) is -0.840. The number of hydrogen-bond acceptors (Lipinski definition) is 6. The van der Waals surface area contributed by atoms with Gasteiger partial charge in [0.1, 0.15) is 11.8 Å². The van der Waals surface area contributed by atoms with Crippen LogP contribution in [0.5, 0.6) is 0 Å². The fraction of sp³-hybridized carbons (Fsp3) is 0.200. The quantitative estimate of drug-likeness (QED) is 0.621. The minimum Gasteiger partial charge on any atom is -0.337 e. The van der Waals surface area contributed by atoms with Crippen molar-refractivity contribution in [1.82, 2.24) is 19.9 Å². The van der Waals surface area contributed by atoms with Crippen LogP contribution in [0.4, 0.5) is 11.5 Å². The molecule has 8 nitrogen and oxygen atoms in total. The van der Waals surface area contributed by atoms with E-state index in [1.807, 2.05) is 6.07 Å². The van der Waals surface area contributed by atoms with Gasteiger partial charge in [-0.1, -0.05) is 29.3 Å². The molecule has 0 saturated carbocycles. The molecule has 1 aliphatic heterocycles. The summed E-state index contributed by atoms with van der Waals surface area (Å²) in [6, 6.07) is 13.8. The minimum absolute atomic E-state index is 0.0671. The van der Waals surface area contributed by atoms with E-state index in [0.29, 0.717) is 51.6 Å². The Morgan fingerprint density at radius 1 is 1.06 bits per heavy atom. The Morgan fingerprint density at radius 3 is 2.32 bits per heavy atom. The van der Waals surface area contributed by atoms with Gasteiger partial charge in [-0.2, -0.15) is 5.26 Å². The van der Waals surface area contributed by atoms with Crippen molar-refractivity contribution in [1.29, 1.82) is 5.26 Å². The third-order valence-electron chi connectivity index (χ3n) is 4.72. The molecule has 2 heterocycles. The molecular formula is C20H16Cl2N6O2S. The molecule has 0 unspecified atom stereocenters. The molecule has 0 aliphatic carbocycles. The van der Waals surface area contributed by atoms with Crippen LogP contribution in [0.15, 0.2) is 42.5 Å². The van der Waals surface area contributed by atoms with Crippen LogP contribution >= 0.6 is 23.2 Å². The number of amides is 1. The Balaban J connectivity index is 1.53. The van der Waals surface area contributed by atoms with E-state index < -0.39 is 10.8 Å². The number of carbonyl (C=O) groups is 1. The number of carbonyl (C=O) groups excluding carboxylic acids is 1. The highest BCUT2D eigenvalue weighted by molar-refractivity contribution is 7.85. The number of benzene rings is 2. The molecule has 4 rings (SSSR count). The summed E-state index contributed by atoms with van der Waals surface area (Å²) in [6.07, 6.45) is 0. The van der Waals surface area contributed by atoms with E-state index in [0.717, 1.165) is 0 Å². The van der Waals surface area contributed by atoms with Crippen molar-refractivity contribution in [3.63, 3.8) is 0 Å². The maximum Gasteiger partial charge on any atom is 0.253 e. The van der Waals surface area contributed by atoms with Crippen molar-refractivity contribution >= 4 is 51.4 Å². The molecule has 0 radical (unpaired) electrons. The smallest absolute Gasteiger partial charge is 0.253 e. The molecule has 3 aromatic rings. The average Bonchev–Trinajstić information content (AvgIpc) is 3.16. The molecule has 0 spiro atoms. The number of rotatable bonds is 4. The topological polar surface area (TPSA) is 104 Å². The molecular weight excluding hydrogens is 459 g/mol. The van der Waals surface area contributed by atoms with Crippen LogP contribution in [0, 0.1) is 11.3 Å². The van der Waals surface area contributed by atoms with Crippen LogP contribution in [0.25, 0.3) is 5.69 Å². The Bertz CT molecular complexity index is 1180. The van der Waals surface area contributed by atoms with Gasteiger partial charge in [0, 0.05) is 46.6 Å². The van der Waals surface area contributed by atoms with Crippen molar-refractivity contribution in [3.05, 3.63) is 63.8 Å². The lowest BCUT2D eigenvalue weighted by Crippen LogP contribution is -2.41. The lowest BCUT2D eigenvalue weighted by Gasteiger charge is -2.26. The Morgan fingerprint density at radius 2 is 1.71 bits per heavy atom. The van der Waals surface area contributed by atoms with Crippen LogP contribution in [-0.4, -0.2) is 54.6 Å². The number of nitriles is 1. The maximum absolute atomic E-state index is 12.6. The maximum atomic E-state index is 12.6. The molecule has 1 fully saturated rings. The molecule has 1 N–H and O–H groups in total. The molecule has 0 bridgehead atoms. The minimum atomic E-state index is -0.840. The lowest BCUT2D eigenvalue weighted by atomic mass is 10.1. The number of anilines is 2. The molecule has 0 atom stereocenters. The fourth-order valence-corrected chi connectivity index (χ4v) is 4.70. The Kier molecular flexibility index (Phi) is 6.23. The predicted molar refractivity (Wildman–Crippen MR) is 120 cm³/mol. The van der Waals surface area contributed by atoms with E-state index in [1.165, 1.54) is 4.80 Å². The predicted octanol–water partition coefficient (Wildman–Crippen LogP) is 3.39. The molecule has 1 aliphatic rings. The first-order chi connectivity index (χ1) is 15.0. The number of nitrogens with one attached hydrogen (secondary N) is 1. The second kappa shape index (κ2) is 9.06. The van der Waals surface area contributed by atoms with Crippen LogP contribution < -0.4 is 5.32 Å². The summed E-state index contributed by atoms with van der Waals surface area (Å²) in [5, 5.41) is 21.6. The third-order valence-corrected chi connectivity index (χ3v) is 6.60. The van der Waals surface area contributed by atoms with E-state index in [2.05, 4.69) is 15.5 Å². The van der Waals surface area contributed by atoms with Crippen LogP contribution in [0.2, 0.25) is 10.0 Å². The Labute approximate surface area is 190 Å². The van der Waals surface area contributed by atoms with E-state index >= 15 is 0 Å². The van der Waals surface area contributed by atoms with Crippen molar-refractivity contribution in [3.8, 4) is 11.8 Å². The van der Waals surface area contributed by atoms with Gasteiger partial charge in [0.2, 0.25) is 5.69 Å². The van der Waals surface area contributed by atoms with Gasteiger partial charge in [-0.25, -0.2) is 0 Å². The second-order valence-corrected chi connectivity index (χ2v) is 9.22.